The van der Waals surface area contributed by atoms with Crippen molar-refractivity contribution in [1.29, 1.82) is 0 Å². The van der Waals surface area contributed by atoms with Gasteiger partial charge in [-0.05, 0) is 19.9 Å². The van der Waals surface area contributed by atoms with Gasteiger partial charge in [0.2, 0.25) is 12.1 Å². The zero-order chi connectivity index (χ0) is 7.98. The molecule has 0 saturated carbocycles. The van der Waals surface area contributed by atoms with Crippen molar-refractivity contribution >= 4 is 5.78 Å². The van der Waals surface area contributed by atoms with E-state index in [0.717, 1.165) is 0 Å². The van der Waals surface area contributed by atoms with Gasteiger partial charge < -0.3 is 9.84 Å². The Kier molecular flexibility index (Phi) is 4.80. The highest BCUT2D eigenvalue weighted by atomic mass is 16.6. The molecule has 0 aromatic carbocycles. The first-order valence-corrected chi connectivity index (χ1v) is 2.97. The molecule has 1 atom stereocenters. The average molecular weight is 143 g/mol. The maximum absolute atomic E-state index is 10.6. The summed E-state index contributed by atoms with van der Waals surface area (Å²) in [7, 11) is 0. The van der Waals surface area contributed by atoms with Crippen molar-refractivity contribution < 1.29 is 14.6 Å². The van der Waals surface area contributed by atoms with Crippen molar-refractivity contribution in [3.8, 4) is 0 Å². The molecular weight excluding hydrogens is 132 g/mol. The lowest BCUT2D eigenvalue weighted by Crippen LogP contribution is -2.21. The standard InChI is InChI=1S/C7H11O3/c1-3-5-6(8)7(9)10-4-2/h3,5,7,9H,2,4H2,1H3. The average Bonchev–Trinajstić information content (AvgIpc) is 1.89. The SMILES string of the molecule is [CH2]COC(O)C(=O)C=CC. The Morgan fingerprint density at radius 2 is 2.50 bits per heavy atom. The summed E-state index contributed by atoms with van der Waals surface area (Å²) in [4.78, 5) is 10.6. The van der Waals surface area contributed by atoms with Crippen LogP contribution in [0.2, 0.25) is 0 Å². The van der Waals surface area contributed by atoms with Gasteiger partial charge in [0, 0.05) is 0 Å². The molecule has 0 fully saturated rings. The van der Waals surface area contributed by atoms with Gasteiger partial charge >= 0.3 is 0 Å². The van der Waals surface area contributed by atoms with Gasteiger partial charge in [0.05, 0.1) is 6.61 Å². The third kappa shape index (κ3) is 3.37. The topological polar surface area (TPSA) is 46.5 Å². The Hall–Kier alpha value is -0.670. The molecule has 0 aliphatic rings. The second kappa shape index (κ2) is 5.14. The van der Waals surface area contributed by atoms with E-state index in [1.54, 1.807) is 6.92 Å². The summed E-state index contributed by atoms with van der Waals surface area (Å²) in [6, 6.07) is 0. The Bertz CT molecular complexity index is 129. The molecule has 0 aromatic heterocycles. The molecular formula is C7H11O3. The Balaban J connectivity index is 3.70. The fourth-order valence-corrected chi connectivity index (χ4v) is 0.440. The van der Waals surface area contributed by atoms with Gasteiger partial charge in [-0.1, -0.05) is 6.08 Å². The Labute approximate surface area is 60.3 Å². The molecule has 3 heteroatoms. The molecule has 0 aromatic rings. The molecule has 3 nitrogen and oxygen atoms in total. The number of carbonyl (C=O) groups is 1. The number of aliphatic hydroxyl groups excluding tert-OH is 1. The van der Waals surface area contributed by atoms with Crippen molar-refractivity contribution in [2.24, 2.45) is 0 Å². The van der Waals surface area contributed by atoms with E-state index in [4.69, 9.17) is 5.11 Å². The van der Waals surface area contributed by atoms with E-state index in [2.05, 4.69) is 11.7 Å². The van der Waals surface area contributed by atoms with Crippen molar-refractivity contribution in [3.05, 3.63) is 19.1 Å². The lowest BCUT2D eigenvalue weighted by molar-refractivity contribution is -0.148. The second-order valence-electron chi connectivity index (χ2n) is 1.63. The minimum Gasteiger partial charge on any atom is -0.362 e. The Morgan fingerprint density at radius 1 is 1.90 bits per heavy atom. The van der Waals surface area contributed by atoms with Crippen LogP contribution in [0.5, 0.6) is 0 Å². The van der Waals surface area contributed by atoms with Crippen LogP contribution >= 0.6 is 0 Å². The highest BCUT2D eigenvalue weighted by Crippen LogP contribution is 1.89. The summed E-state index contributed by atoms with van der Waals surface area (Å²) < 4.78 is 4.50. The lowest BCUT2D eigenvalue weighted by Gasteiger charge is -2.04. The van der Waals surface area contributed by atoms with Gasteiger partial charge in [0.15, 0.2) is 0 Å². The molecule has 10 heavy (non-hydrogen) atoms. The molecule has 0 heterocycles. The normalized spacial score (nSPS) is 13.9. The fraction of sp³-hybridized carbons (Fsp3) is 0.429. The van der Waals surface area contributed by atoms with Gasteiger partial charge in [0.1, 0.15) is 0 Å². The van der Waals surface area contributed by atoms with E-state index < -0.39 is 12.1 Å². The molecule has 1 radical (unpaired) electrons. The van der Waals surface area contributed by atoms with Crippen LogP contribution in [0, 0.1) is 6.92 Å². The maximum atomic E-state index is 10.6. The van der Waals surface area contributed by atoms with Crippen molar-refractivity contribution in [2.45, 2.75) is 13.2 Å². The first-order chi connectivity index (χ1) is 4.72. The van der Waals surface area contributed by atoms with Gasteiger partial charge in [-0.3, -0.25) is 4.79 Å². The van der Waals surface area contributed by atoms with E-state index in [1.165, 1.54) is 12.2 Å². The zero-order valence-corrected chi connectivity index (χ0v) is 5.91. The van der Waals surface area contributed by atoms with Crippen LogP contribution in [0.1, 0.15) is 6.92 Å². The first kappa shape index (κ1) is 9.33. The fourth-order valence-electron chi connectivity index (χ4n) is 0.440. The molecule has 0 saturated heterocycles. The highest BCUT2D eigenvalue weighted by Gasteiger charge is 2.09. The number of ether oxygens (including phenoxy) is 1. The number of carbonyl (C=O) groups excluding carboxylic acids is 1. The summed E-state index contributed by atoms with van der Waals surface area (Å²) >= 11 is 0. The number of hydrogen-bond donors (Lipinski definition) is 1. The monoisotopic (exact) mass is 143 g/mol. The molecule has 0 spiro atoms. The van der Waals surface area contributed by atoms with Gasteiger partial charge in [0.25, 0.3) is 0 Å². The van der Waals surface area contributed by atoms with E-state index in [-0.39, 0.29) is 6.61 Å². The molecule has 0 aliphatic carbocycles. The third-order valence-electron chi connectivity index (χ3n) is 0.850. The zero-order valence-electron chi connectivity index (χ0n) is 5.91. The Morgan fingerprint density at radius 3 is 2.90 bits per heavy atom. The third-order valence-corrected chi connectivity index (χ3v) is 0.850. The molecule has 57 valence electrons. The number of rotatable bonds is 4. The van der Waals surface area contributed by atoms with E-state index >= 15 is 0 Å². The van der Waals surface area contributed by atoms with Crippen LogP contribution in [-0.4, -0.2) is 23.8 Å². The predicted octanol–water partition coefficient (Wildman–Crippen LogP) is 0.301. The van der Waals surface area contributed by atoms with Crippen LogP contribution in [0.25, 0.3) is 0 Å². The second-order valence-corrected chi connectivity index (χ2v) is 1.63. The summed E-state index contributed by atoms with van der Waals surface area (Å²) in [6.07, 6.45) is 1.44. The van der Waals surface area contributed by atoms with Gasteiger partial charge in [-0.2, -0.15) is 0 Å². The van der Waals surface area contributed by atoms with Crippen molar-refractivity contribution in [2.75, 3.05) is 6.61 Å². The van der Waals surface area contributed by atoms with Crippen LogP contribution in [-0.2, 0) is 9.53 Å². The largest absolute Gasteiger partial charge is 0.362 e. The van der Waals surface area contributed by atoms with E-state index in [1.807, 2.05) is 0 Å². The van der Waals surface area contributed by atoms with Crippen LogP contribution < -0.4 is 0 Å². The molecule has 1 N–H and O–H groups in total. The smallest absolute Gasteiger partial charge is 0.219 e. The van der Waals surface area contributed by atoms with E-state index in [0.29, 0.717) is 0 Å². The molecule has 0 amide bonds. The minimum atomic E-state index is -1.35. The summed E-state index contributed by atoms with van der Waals surface area (Å²) in [5.41, 5.74) is 0. The van der Waals surface area contributed by atoms with Crippen molar-refractivity contribution in [1.82, 2.24) is 0 Å². The maximum Gasteiger partial charge on any atom is 0.219 e. The first-order valence-electron chi connectivity index (χ1n) is 2.97. The number of allylic oxidation sites excluding steroid dienone is 1. The lowest BCUT2D eigenvalue weighted by atomic mass is 10.3. The molecule has 0 bridgehead atoms. The van der Waals surface area contributed by atoms with Gasteiger partial charge in [-0.25, -0.2) is 0 Å². The van der Waals surface area contributed by atoms with Crippen LogP contribution in [0.15, 0.2) is 12.2 Å². The summed E-state index contributed by atoms with van der Waals surface area (Å²) in [6.45, 7) is 5.09. The van der Waals surface area contributed by atoms with Crippen molar-refractivity contribution in [3.63, 3.8) is 0 Å². The van der Waals surface area contributed by atoms with Crippen LogP contribution in [0.4, 0.5) is 0 Å². The number of hydrogen-bond acceptors (Lipinski definition) is 3. The van der Waals surface area contributed by atoms with E-state index in [9.17, 15) is 4.79 Å². The number of aliphatic hydroxyl groups is 1. The quantitative estimate of drug-likeness (QED) is 0.455. The summed E-state index contributed by atoms with van der Waals surface area (Å²) in [5, 5.41) is 8.79. The number of ketones is 1. The molecule has 0 rings (SSSR count). The molecule has 0 aliphatic heterocycles. The summed E-state index contributed by atoms with van der Waals surface area (Å²) in [5.74, 6) is -0.453. The minimum absolute atomic E-state index is 0.0878. The highest BCUT2D eigenvalue weighted by molar-refractivity contribution is 5.92. The van der Waals surface area contributed by atoms with Gasteiger partial charge in [-0.15, -0.1) is 0 Å². The predicted molar refractivity (Wildman–Crippen MR) is 37.1 cm³/mol. The molecule has 1 unspecified atom stereocenters. The van der Waals surface area contributed by atoms with Crippen LogP contribution in [0.3, 0.4) is 0 Å².